The number of imidazole rings is 1. The van der Waals surface area contributed by atoms with Gasteiger partial charge in [-0.3, -0.25) is 9.98 Å². The average molecular weight is 477 g/mol. The summed E-state index contributed by atoms with van der Waals surface area (Å²) in [6.07, 6.45) is -6.70. The molecule has 2 aromatic carbocycles. The number of nitrogens with zero attached hydrogens (tertiary/aromatic N) is 5. The molecule has 4 aromatic rings. The number of hydrogen-bond acceptors (Lipinski definition) is 4. The monoisotopic (exact) mass is 477 g/mol. The molecule has 4 rings (SSSR count). The van der Waals surface area contributed by atoms with Crippen LogP contribution in [0.5, 0.6) is 0 Å². The fourth-order valence-corrected chi connectivity index (χ4v) is 3.83. The second-order valence-corrected chi connectivity index (χ2v) is 7.53. The van der Waals surface area contributed by atoms with Crippen molar-refractivity contribution < 1.29 is 26.3 Å². The molecule has 0 aliphatic rings. The Bertz CT molecular complexity index is 1430. The third-order valence-electron chi connectivity index (χ3n) is 5.50. The van der Waals surface area contributed by atoms with Gasteiger partial charge in [0, 0.05) is 25.2 Å². The molecule has 0 saturated carbocycles. The molecule has 34 heavy (non-hydrogen) atoms. The molecule has 5 nitrogen and oxygen atoms in total. The molecule has 2 heterocycles. The minimum Gasteiger partial charge on any atom is -0.331 e. The first-order valence-corrected chi connectivity index (χ1v) is 9.96. The van der Waals surface area contributed by atoms with Crippen LogP contribution in [0.4, 0.5) is 32.0 Å². The van der Waals surface area contributed by atoms with Gasteiger partial charge in [-0.2, -0.15) is 26.3 Å². The zero-order valence-corrected chi connectivity index (χ0v) is 17.8. The third kappa shape index (κ3) is 4.02. The van der Waals surface area contributed by atoms with Crippen molar-refractivity contribution in [2.75, 3.05) is 0 Å². The van der Waals surface area contributed by atoms with E-state index in [1.165, 1.54) is 0 Å². The molecule has 0 bridgehead atoms. The molecular formula is C23H17F6N5. The van der Waals surface area contributed by atoms with Gasteiger partial charge in [-0.05, 0) is 37.4 Å². The summed E-state index contributed by atoms with van der Waals surface area (Å²) in [5.41, 5.74) is -1.38. The molecule has 0 amide bonds. The topological polar surface area (TPSA) is 56.0 Å². The third-order valence-corrected chi connectivity index (χ3v) is 5.50. The van der Waals surface area contributed by atoms with Crippen molar-refractivity contribution >= 4 is 40.5 Å². The Morgan fingerprint density at radius 1 is 0.912 bits per heavy atom. The lowest BCUT2D eigenvalue weighted by Gasteiger charge is -2.14. The van der Waals surface area contributed by atoms with Crippen LogP contribution in [0.3, 0.4) is 0 Å². The average Bonchev–Trinajstić information content (AvgIpc) is 3.10. The molecule has 0 aliphatic carbocycles. The van der Waals surface area contributed by atoms with E-state index in [1.807, 2.05) is 10.6 Å². The van der Waals surface area contributed by atoms with Crippen LogP contribution in [-0.2, 0) is 32.2 Å². The number of fused-ring (bicyclic) bond motifs is 2. The highest BCUT2D eigenvalue weighted by Crippen LogP contribution is 2.39. The zero-order valence-electron chi connectivity index (χ0n) is 17.8. The van der Waals surface area contributed by atoms with Gasteiger partial charge in [0.05, 0.1) is 33.5 Å². The summed E-state index contributed by atoms with van der Waals surface area (Å²) in [5.74, 6) is 0.598. The van der Waals surface area contributed by atoms with Crippen molar-refractivity contribution in [2.45, 2.75) is 25.2 Å². The van der Waals surface area contributed by atoms with Gasteiger partial charge in [-0.15, -0.1) is 0 Å². The van der Waals surface area contributed by atoms with Gasteiger partial charge >= 0.3 is 12.4 Å². The maximum absolute atomic E-state index is 13.5. The molecule has 0 aliphatic heterocycles. The Morgan fingerprint density at radius 2 is 1.56 bits per heavy atom. The highest BCUT2D eigenvalue weighted by Gasteiger charge is 2.39. The van der Waals surface area contributed by atoms with Gasteiger partial charge in [0.25, 0.3) is 0 Å². The van der Waals surface area contributed by atoms with Crippen molar-refractivity contribution in [1.29, 1.82) is 0 Å². The fraction of sp³-hybridized carbons (Fsp3) is 0.217. The first-order valence-electron chi connectivity index (χ1n) is 9.96. The maximum atomic E-state index is 13.5. The zero-order chi connectivity index (χ0) is 24.8. The first-order chi connectivity index (χ1) is 16.0. The number of hydrogen-bond donors (Lipinski definition) is 0. The SMILES string of the molecule is C=Cc1c(N=C)ccc2c1nc(CCc1cnc3c(C(F)(F)F)ccc(C(F)(F)F)c3n1)n2C. The summed E-state index contributed by atoms with van der Waals surface area (Å²) in [5, 5.41) is 0. The number of aliphatic imine (C=N–C) groups is 1. The lowest BCUT2D eigenvalue weighted by atomic mass is 10.1. The van der Waals surface area contributed by atoms with E-state index in [1.54, 1.807) is 19.2 Å². The normalized spacial score (nSPS) is 12.4. The second kappa shape index (κ2) is 8.23. The molecule has 0 N–H and O–H groups in total. The van der Waals surface area contributed by atoms with Crippen LogP contribution in [0, 0.1) is 0 Å². The summed E-state index contributed by atoms with van der Waals surface area (Å²) in [4.78, 5) is 16.2. The highest BCUT2D eigenvalue weighted by molar-refractivity contribution is 5.91. The molecule has 2 aromatic heterocycles. The minimum absolute atomic E-state index is 0.113. The van der Waals surface area contributed by atoms with Gasteiger partial charge in [0.2, 0.25) is 0 Å². The van der Waals surface area contributed by atoms with Crippen molar-refractivity contribution in [3.8, 4) is 0 Å². The van der Waals surface area contributed by atoms with Crippen molar-refractivity contribution in [3.05, 3.63) is 65.2 Å². The van der Waals surface area contributed by atoms with Crippen molar-refractivity contribution in [2.24, 2.45) is 12.0 Å². The Balaban J connectivity index is 1.75. The van der Waals surface area contributed by atoms with Crippen LogP contribution < -0.4 is 0 Å². The molecule has 176 valence electrons. The van der Waals surface area contributed by atoms with Crippen LogP contribution in [-0.4, -0.2) is 26.2 Å². The predicted octanol–water partition coefficient (Wildman–Crippen LogP) is 6.31. The molecule has 0 saturated heterocycles. The molecule has 0 spiro atoms. The van der Waals surface area contributed by atoms with E-state index < -0.39 is 34.5 Å². The Morgan fingerprint density at radius 3 is 2.15 bits per heavy atom. The maximum Gasteiger partial charge on any atom is 0.418 e. The first kappa shape index (κ1) is 23.4. The Hall–Kier alpha value is -3.76. The van der Waals surface area contributed by atoms with E-state index in [0.717, 1.165) is 11.7 Å². The smallest absolute Gasteiger partial charge is 0.331 e. The fourth-order valence-electron chi connectivity index (χ4n) is 3.83. The number of benzene rings is 2. The van der Waals surface area contributed by atoms with Gasteiger partial charge in [-0.1, -0.05) is 12.7 Å². The highest BCUT2D eigenvalue weighted by atomic mass is 19.4. The van der Waals surface area contributed by atoms with Gasteiger partial charge in [0.1, 0.15) is 16.9 Å². The minimum atomic E-state index is -4.88. The summed E-state index contributed by atoms with van der Waals surface area (Å²) in [6, 6.07) is 4.34. The lowest BCUT2D eigenvalue weighted by Crippen LogP contribution is -2.13. The van der Waals surface area contributed by atoms with Crippen LogP contribution in [0.25, 0.3) is 28.1 Å². The summed E-state index contributed by atoms with van der Waals surface area (Å²) >= 11 is 0. The summed E-state index contributed by atoms with van der Waals surface area (Å²) < 4.78 is 82.1. The summed E-state index contributed by atoms with van der Waals surface area (Å²) in [7, 11) is 1.78. The van der Waals surface area contributed by atoms with E-state index in [9.17, 15) is 26.3 Å². The van der Waals surface area contributed by atoms with Gasteiger partial charge in [0.15, 0.2) is 0 Å². The van der Waals surface area contributed by atoms with E-state index in [2.05, 4.69) is 33.2 Å². The Kier molecular flexibility index (Phi) is 5.66. The van der Waals surface area contributed by atoms with E-state index >= 15 is 0 Å². The van der Waals surface area contributed by atoms with Crippen LogP contribution in [0.15, 0.2) is 42.0 Å². The standard InChI is InChI=1S/C23H17F6N5/c1-4-13-16(30-2)8-9-17-19(13)33-18(34(17)3)10-5-12-11-31-20-14(22(24,25)26)6-7-15(21(20)32-12)23(27,28)29/h4,6-9,11H,1-2,5,10H2,3H3. The lowest BCUT2D eigenvalue weighted by molar-refractivity contribution is -0.139. The number of aromatic nitrogens is 4. The number of halogens is 6. The second-order valence-electron chi connectivity index (χ2n) is 7.53. The molecule has 0 fully saturated rings. The molecular weight excluding hydrogens is 460 g/mol. The van der Waals surface area contributed by atoms with Crippen LogP contribution in [0.2, 0.25) is 0 Å². The molecule has 11 heteroatoms. The van der Waals surface area contributed by atoms with E-state index in [0.29, 0.717) is 34.7 Å². The largest absolute Gasteiger partial charge is 0.418 e. The number of rotatable bonds is 5. The van der Waals surface area contributed by atoms with Crippen LogP contribution in [0.1, 0.15) is 28.2 Å². The van der Waals surface area contributed by atoms with Gasteiger partial charge < -0.3 is 4.57 Å². The van der Waals surface area contributed by atoms with Crippen LogP contribution >= 0.6 is 0 Å². The van der Waals surface area contributed by atoms with Gasteiger partial charge in [-0.25, -0.2) is 9.97 Å². The molecule has 0 atom stereocenters. The predicted molar refractivity (Wildman–Crippen MR) is 117 cm³/mol. The summed E-state index contributed by atoms with van der Waals surface area (Å²) in [6.45, 7) is 7.30. The molecule has 0 unspecified atom stereocenters. The number of aryl methyl sites for hydroxylation is 3. The van der Waals surface area contributed by atoms with Crippen molar-refractivity contribution in [1.82, 2.24) is 19.5 Å². The van der Waals surface area contributed by atoms with E-state index in [-0.39, 0.29) is 18.5 Å². The quantitative estimate of drug-likeness (QED) is 0.250. The number of alkyl halides is 6. The Labute approximate surface area is 189 Å². The van der Waals surface area contributed by atoms with E-state index in [4.69, 9.17) is 0 Å². The molecule has 0 radical (unpaired) electrons. The van der Waals surface area contributed by atoms with Crippen molar-refractivity contribution in [3.63, 3.8) is 0 Å².